The highest BCUT2D eigenvalue weighted by Crippen LogP contribution is 2.27. The molecule has 5 nitrogen and oxygen atoms in total. The topological polar surface area (TPSA) is 75.4 Å². The highest BCUT2D eigenvalue weighted by molar-refractivity contribution is 5.78. The molecule has 0 bridgehead atoms. The lowest BCUT2D eigenvalue weighted by molar-refractivity contribution is -0.119. The molecule has 3 aromatic carbocycles. The summed E-state index contributed by atoms with van der Waals surface area (Å²) in [5.74, 6) is 0.771. The number of rotatable bonds is 5. The SMILES string of the molecule is CC(=O)NC(C)c1ccc2nc(-c3ccc(Cc4cccc(O)c4)cc3)oc2c1. The van der Waals surface area contributed by atoms with Gasteiger partial charge in [-0.25, -0.2) is 4.98 Å². The van der Waals surface area contributed by atoms with Crippen LogP contribution in [0.25, 0.3) is 22.6 Å². The van der Waals surface area contributed by atoms with Crippen LogP contribution in [0, 0.1) is 0 Å². The number of nitrogens with zero attached hydrogens (tertiary/aromatic N) is 1. The summed E-state index contributed by atoms with van der Waals surface area (Å²) in [6.07, 6.45) is 0.743. The summed E-state index contributed by atoms with van der Waals surface area (Å²) < 4.78 is 5.97. The monoisotopic (exact) mass is 386 g/mol. The Kier molecular flexibility index (Phi) is 5.04. The van der Waals surface area contributed by atoms with E-state index in [1.54, 1.807) is 12.1 Å². The van der Waals surface area contributed by atoms with Crippen molar-refractivity contribution in [3.8, 4) is 17.2 Å². The molecule has 0 aliphatic rings. The van der Waals surface area contributed by atoms with Crippen LogP contribution in [-0.2, 0) is 11.2 Å². The van der Waals surface area contributed by atoms with Crippen molar-refractivity contribution < 1.29 is 14.3 Å². The zero-order chi connectivity index (χ0) is 20.4. The minimum atomic E-state index is -0.0952. The zero-order valence-electron chi connectivity index (χ0n) is 16.3. The third-order valence-corrected chi connectivity index (χ3v) is 4.85. The number of phenolic OH excluding ortho intramolecular Hbond substituents is 1. The van der Waals surface area contributed by atoms with Crippen LogP contribution in [0.4, 0.5) is 0 Å². The van der Waals surface area contributed by atoms with Gasteiger partial charge >= 0.3 is 0 Å². The van der Waals surface area contributed by atoms with Gasteiger partial charge in [0.1, 0.15) is 11.3 Å². The van der Waals surface area contributed by atoms with Gasteiger partial charge in [0.15, 0.2) is 5.58 Å². The van der Waals surface area contributed by atoms with Crippen molar-refractivity contribution in [3.63, 3.8) is 0 Å². The first-order chi connectivity index (χ1) is 14.0. The van der Waals surface area contributed by atoms with E-state index >= 15 is 0 Å². The summed E-state index contributed by atoms with van der Waals surface area (Å²) in [5.41, 5.74) is 5.54. The maximum absolute atomic E-state index is 11.3. The fraction of sp³-hybridized carbons (Fsp3) is 0.167. The molecule has 0 aliphatic carbocycles. The molecule has 1 atom stereocenters. The average Bonchev–Trinajstić information content (AvgIpc) is 3.11. The normalized spacial score (nSPS) is 12.1. The third-order valence-electron chi connectivity index (χ3n) is 4.85. The molecule has 0 fully saturated rings. The summed E-state index contributed by atoms with van der Waals surface area (Å²) in [7, 11) is 0. The molecule has 5 heteroatoms. The second kappa shape index (κ2) is 7.80. The molecule has 2 N–H and O–H groups in total. The molecular weight excluding hydrogens is 364 g/mol. The predicted octanol–water partition coefficient (Wildman–Crippen LogP) is 4.99. The fourth-order valence-corrected chi connectivity index (χ4v) is 3.39. The molecule has 0 aliphatic heterocycles. The first-order valence-corrected chi connectivity index (χ1v) is 9.53. The van der Waals surface area contributed by atoms with Gasteiger partial charge in [-0.2, -0.15) is 0 Å². The number of carbonyl (C=O) groups is 1. The van der Waals surface area contributed by atoms with Crippen LogP contribution < -0.4 is 5.32 Å². The van der Waals surface area contributed by atoms with Gasteiger partial charge in [0.2, 0.25) is 11.8 Å². The Morgan fingerprint density at radius 2 is 1.86 bits per heavy atom. The predicted molar refractivity (Wildman–Crippen MR) is 113 cm³/mol. The van der Waals surface area contributed by atoms with E-state index in [0.717, 1.165) is 34.2 Å². The molecule has 0 saturated heterocycles. The highest BCUT2D eigenvalue weighted by Gasteiger charge is 2.12. The van der Waals surface area contributed by atoms with Gasteiger partial charge in [-0.15, -0.1) is 0 Å². The van der Waals surface area contributed by atoms with Crippen molar-refractivity contribution in [2.24, 2.45) is 0 Å². The van der Waals surface area contributed by atoms with Crippen LogP contribution in [0.2, 0.25) is 0 Å². The van der Waals surface area contributed by atoms with Gasteiger partial charge in [-0.1, -0.05) is 30.3 Å². The van der Waals surface area contributed by atoms with E-state index in [9.17, 15) is 9.90 Å². The van der Waals surface area contributed by atoms with Gasteiger partial charge in [0, 0.05) is 12.5 Å². The number of fused-ring (bicyclic) bond motifs is 1. The molecule has 1 aromatic heterocycles. The molecule has 1 unspecified atom stereocenters. The Balaban J connectivity index is 1.55. The molecular formula is C24H22N2O3. The van der Waals surface area contributed by atoms with E-state index in [4.69, 9.17) is 4.42 Å². The van der Waals surface area contributed by atoms with Gasteiger partial charge in [-0.3, -0.25) is 4.79 Å². The van der Waals surface area contributed by atoms with Crippen molar-refractivity contribution in [1.82, 2.24) is 10.3 Å². The Morgan fingerprint density at radius 3 is 2.59 bits per heavy atom. The minimum absolute atomic E-state index is 0.0679. The van der Waals surface area contributed by atoms with Crippen LogP contribution in [0.1, 0.15) is 36.6 Å². The van der Waals surface area contributed by atoms with Crippen LogP contribution >= 0.6 is 0 Å². The van der Waals surface area contributed by atoms with Crippen LogP contribution in [0.15, 0.2) is 71.1 Å². The third kappa shape index (κ3) is 4.29. The number of aromatic hydroxyl groups is 1. The Labute approximate surface area is 169 Å². The lowest BCUT2D eigenvalue weighted by Crippen LogP contribution is -2.23. The number of aromatic nitrogens is 1. The number of hydrogen-bond donors (Lipinski definition) is 2. The number of hydrogen-bond acceptors (Lipinski definition) is 4. The summed E-state index contributed by atoms with van der Waals surface area (Å²) in [4.78, 5) is 15.9. The number of oxazole rings is 1. The minimum Gasteiger partial charge on any atom is -0.508 e. The highest BCUT2D eigenvalue weighted by atomic mass is 16.3. The molecule has 29 heavy (non-hydrogen) atoms. The quantitative estimate of drug-likeness (QED) is 0.507. The van der Waals surface area contributed by atoms with Crippen molar-refractivity contribution in [2.75, 3.05) is 0 Å². The Morgan fingerprint density at radius 1 is 1.07 bits per heavy atom. The van der Waals surface area contributed by atoms with E-state index in [1.807, 2.05) is 61.5 Å². The summed E-state index contributed by atoms with van der Waals surface area (Å²) in [6.45, 7) is 3.44. The van der Waals surface area contributed by atoms with Crippen molar-refractivity contribution >= 4 is 17.0 Å². The van der Waals surface area contributed by atoms with E-state index in [1.165, 1.54) is 6.92 Å². The van der Waals surface area contributed by atoms with Gasteiger partial charge in [0.25, 0.3) is 0 Å². The lowest BCUT2D eigenvalue weighted by Gasteiger charge is -2.12. The first-order valence-electron chi connectivity index (χ1n) is 9.53. The Hall–Kier alpha value is -3.60. The average molecular weight is 386 g/mol. The maximum Gasteiger partial charge on any atom is 0.227 e. The van der Waals surface area contributed by atoms with Crippen LogP contribution in [0.3, 0.4) is 0 Å². The van der Waals surface area contributed by atoms with Crippen molar-refractivity contribution in [3.05, 3.63) is 83.4 Å². The smallest absolute Gasteiger partial charge is 0.227 e. The van der Waals surface area contributed by atoms with E-state index in [0.29, 0.717) is 11.5 Å². The van der Waals surface area contributed by atoms with Crippen LogP contribution in [0.5, 0.6) is 5.75 Å². The van der Waals surface area contributed by atoms with Gasteiger partial charge in [-0.05, 0) is 66.4 Å². The molecule has 146 valence electrons. The lowest BCUT2D eigenvalue weighted by atomic mass is 10.0. The number of carbonyl (C=O) groups excluding carboxylic acids is 1. The number of nitrogens with one attached hydrogen (secondary N) is 1. The molecule has 0 saturated carbocycles. The first kappa shape index (κ1) is 18.7. The second-order valence-corrected chi connectivity index (χ2v) is 7.21. The molecule has 4 rings (SSSR count). The zero-order valence-corrected chi connectivity index (χ0v) is 16.3. The summed E-state index contributed by atoms with van der Waals surface area (Å²) >= 11 is 0. The number of benzene rings is 3. The second-order valence-electron chi connectivity index (χ2n) is 7.21. The van der Waals surface area contributed by atoms with Gasteiger partial charge < -0.3 is 14.8 Å². The molecule has 0 spiro atoms. The van der Waals surface area contributed by atoms with E-state index < -0.39 is 0 Å². The number of amides is 1. The summed E-state index contributed by atoms with van der Waals surface area (Å²) in [6, 6.07) is 21.0. The fourth-order valence-electron chi connectivity index (χ4n) is 3.39. The largest absolute Gasteiger partial charge is 0.508 e. The Bertz CT molecular complexity index is 1160. The maximum atomic E-state index is 11.3. The van der Waals surface area contributed by atoms with E-state index in [-0.39, 0.29) is 17.7 Å². The molecule has 0 radical (unpaired) electrons. The van der Waals surface area contributed by atoms with Crippen molar-refractivity contribution in [2.45, 2.75) is 26.3 Å². The van der Waals surface area contributed by atoms with Gasteiger partial charge in [0.05, 0.1) is 6.04 Å². The molecule has 1 amide bonds. The summed E-state index contributed by atoms with van der Waals surface area (Å²) in [5, 5.41) is 12.5. The van der Waals surface area contributed by atoms with E-state index in [2.05, 4.69) is 10.3 Å². The standard InChI is InChI=1S/C24H22N2O3/c1-15(25-16(2)27)20-10-11-22-23(14-20)29-24(26-22)19-8-6-17(7-9-19)12-18-4-3-5-21(28)13-18/h3-11,13-15,28H,12H2,1-2H3,(H,25,27). The number of phenols is 1. The molecule has 1 heterocycles. The van der Waals surface area contributed by atoms with Crippen LogP contribution in [-0.4, -0.2) is 16.0 Å². The van der Waals surface area contributed by atoms with Crippen molar-refractivity contribution in [1.29, 1.82) is 0 Å². The molecule has 4 aromatic rings.